The Morgan fingerprint density at radius 2 is 2.10 bits per heavy atom. The number of anilines is 1. The molecular weight excluding hydrogens is 264 g/mol. The van der Waals surface area contributed by atoms with Gasteiger partial charge in [-0.05, 0) is 43.2 Å². The van der Waals surface area contributed by atoms with Gasteiger partial charge in [0, 0.05) is 25.2 Å². The highest BCUT2D eigenvalue weighted by molar-refractivity contribution is 5.99. The molecule has 0 aliphatic heterocycles. The predicted octanol–water partition coefficient (Wildman–Crippen LogP) is 3.38. The quantitative estimate of drug-likeness (QED) is 0.820. The van der Waals surface area contributed by atoms with Crippen molar-refractivity contribution in [1.29, 1.82) is 0 Å². The number of carbonyl (C=O) groups excluding carboxylic acids is 1. The van der Waals surface area contributed by atoms with Crippen molar-refractivity contribution in [3.63, 3.8) is 0 Å². The van der Waals surface area contributed by atoms with Gasteiger partial charge in [0.05, 0.1) is 11.8 Å². The molecule has 1 aromatic carbocycles. The molecule has 0 bridgehead atoms. The van der Waals surface area contributed by atoms with Crippen molar-refractivity contribution in [2.45, 2.75) is 26.7 Å². The Kier molecular flexibility index (Phi) is 5.43. The molecular formula is C17H22N2O2. The average Bonchev–Trinajstić information content (AvgIpc) is 2.98. The number of amides is 1. The summed E-state index contributed by atoms with van der Waals surface area (Å²) in [4.78, 5) is 12.3. The number of furan rings is 1. The third-order valence-electron chi connectivity index (χ3n) is 3.22. The number of aryl methyl sites for hydroxylation is 1. The van der Waals surface area contributed by atoms with Crippen LogP contribution in [0.4, 0.5) is 5.69 Å². The Morgan fingerprint density at radius 3 is 2.81 bits per heavy atom. The van der Waals surface area contributed by atoms with Crippen LogP contribution in [-0.2, 0) is 6.42 Å². The molecule has 2 N–H and O–H groups in total. The first-order valence-electron chi connectivity index (χ1n) is 7.36. The standard InChI is InChI=1S/C17H22N2O2/c1-3-9-18-16-12-13(2)6-7-15(16)17(20)19-10-8-14-5-4-11-21-14/h4-7,11-12,18H,3,8-10H2,1-2H3,(H,19,20). The smallest absolute Gasteiger partial charge is 0.253 e. The van der Waals surface area contributed by atoms with E-state index in [1.165, 1.54) is 0 Å². The first-order valence-corrected chi connectivity index (χ1v) is 7.36. The topological polar surface area (TPSA) is 54.3 Å². The molecule has 1 heterocycles. The molecule has 0 saturated carbocycles. The van der Waals surface area contributed by atoms with Crippen molar-refractivity contribution in [1.82, 2.24) is 5.32 Å². The van der Waals surface area contributed by atoms with Crippen molar-refractivity contribution in [2.24, 2.45) is 0 Å². The molecule has 2 rings (SSSR count). The molecule has 0 atom stereocenters. The second-order valence-electron chi connectivity index (χ2n) is 5.06. The van der Waals surface area contributed by atoms with Crippen molar-refractivity contribution in [3.8, 4) is 0 Å². The molecule has 0 unspecified atom stereocenters. The van der Waals surface area contributed by atoms with Crippen molar-refractivity contribution in [3.05, 3.63) is 53.5 Å². The number of nitrogens with one attached hydrogen (secondary N) is 2. The zero-order valence-electron chi connectivity index (χ0n) is 12.6. The van der Waals surface area contributed by atoms with E-state index < -0.39 is 0 Å². The summed E-state index contributed by atoms with van der Waals surface area (Å²) < 4.78 is 5.25. The molecule has 112 valence electrons. The molecule has 2 aromatic rings. The summed E-state index contributed by atoms with van der Waals surface area (Å²) in [5.41, 5.74) is 2.72. The van der Waals surface area contributed by atoms with Crippen LogP contribution in [0.2, 0.25) is 0 Å². The summed E-state index contributed by atoms with van der Waals surface area (Å²) in [5, 5.41) is 6.24. The molecule has 0 spiro atoms. The highest BCUT2D eigenvalue weighted by Gasteiger charge is 2.11. The Bertz CT molecular complexity index is 576. The summed E-state index contributed by atoms with van der Waals surface area (Å²) in [6, 6.07) is 9.60. The molecule has 0 radical (unpaired) electrons. The van der Waals surface area contributed by atoms with E-state index in [2.05, 4.69) is 17.6 Å². The molecule has 4 heteroatoms. The van der Waals surface area contributed by atoms with Crippen molar-refractivity contribution < 1.29 is 9.21 Å². The summed E-state index contributed by atoms with van der Waals surface area (Å²) in [6.07, 6.45) is 3.36. The molecule has 4 nitrogen and oxygen atoms in total. The molecule has 1 amide bonds. The second-order valence-corrected chi connectivity index (χ2v) is 5.06. The number of hydrogen-bond donors (Lipinski definition) is 2. The average molecular weight is 286 g/mol. The minimum atomic E-state index is -0.0554. The SMILES string of the molecule is CCCNc1cc(C)ccc1C(=O)NCCc1ccco1. The lowest BCUT2D eigenvalue weighted by Gasteiger charge is -2.12. The van der Waals surface area contributed by atoms with Gasteiger partial charge >= 0.3 is 0 Å². The van der Waals surface area contributed by atoms with Gasteiger partial charge in [-0.1, -0.05) is 13.0 Å². The van der Waals surface area contributed by atoms with Gasteiger partial charge in [0.25, 0.3) is 5.91 Å². The Balaban J connectivity index is 1.97. The minimum absolute atomic E-state index is 0.0554. The van der Waals surface area contributed by atoms with Crippen LogP contribution >= 0.6 is 0 Å². The van der Waals surface area contributed by atoms with Crippen LogP contribution in [0, 0.1) is 6.92 Å². The first-order chi connectivity index (χ1) is 10.2. The molecule has 21 heavy (non-hydrogen) atoms. The van der Waals surface area contributed by atoms with Gasteiger partial charge in [-0.15, -0.1) is 0 Å². The van der Waals surface area contributed by atoms with Crippen LogP contribution in [0.1, 0.15) is 35.0 Å². The molecule has 0 aliphatic carbocycles. The van der Waals surface area contributed by atoms with E-state index in [0.717, 1.165) is 30.0 Å². The lowest BCUT2D eigenvalue weighted by molar-refractivity contribution is 0.0954. The van der Waals surface area contributed by atoms with E-state index in [1.807, 2.05) is 37.3 Å². The summed E-state index contributed by atoms with van der Waals surface area (Å²) in [5.74, 6) is 0.823. The highest BCUT2D eigenvalue weighted by Crippen LogP contribution is 2.17. The fourth-order valence-electron chi connectivity index (χ4n) is 2.11. The highest BCUT2D eigenvalue weighted by atomic mass is 16.3. The molecule has 0 saturated heterocycles. The fraction of sp³-hybridized carbons (Fsp3) is 0.353. The predicted molar refractivity (Wildman–Crippen MR) is 84.7 cm³/mol. The maximum atomic E-state index is 12.3. The van der Waals surface area contributed by atoms with E-state index in [-0.39, 0.29) is 5.91 Å². The van der Waals surface area contributed by atoms with Crippen LogP contribution < -0.4 is 10.6 Å². The third-order valence-corrected chi connectivity index (χ3v) is 3.22. The maximum Gasteiger partial charge on any atom is 0.253 e. The van der Waals surface area contributed by atoms with Crippen LogP contribution in [0.5, 0.6) is 0 Å². The first kappa shape index (κ1) is 15.2. The van der Waals surface area contributed by atoms with Crippen LogP contribution in [0.25, 0.3) is 0 Å². The van der Waals surface area contributed by atoms with Gasteiger partial charge < -0.3 is 15.1 Å². The Morgan fingerprint density at radius 1 is 1.24 bits per heavy atom. The van der Waals surface area contributed by atoms with E-state index in [1.54, 1.807) is 6.26 Å². The van der Waals surface area contributed by atoms with E-state index in [4.69, 9.17) is 4.42 Å². The Labute approximate surface area is 125 Å². The number of hydrogen-bond acceptors (Lipinski definition) is 3. The lowest BCUT2D eigenvalue weighted by Crippen LogP contribution is -2.26. The third kappa shape index (κ3) is 4.38. The summed E-state index contributed by atoms with van der Waals surface area (Å²) in [7, 11) is 0. The summed E-state index contributed by atoms with van der Waals surface area (Å²) >= 11 is 0. The minimum Gasteiger partial charge on any atom is -0.469 e. The maximum absolute atomic E-state index is 12.3. The monoisotopic (exact) mass is 286 g/mol. The normalized spacial score (nSPS) is 10.4. The number of rotatable bonds is 7. The van der Waals surface area contributed by atoms with Gasteiger partial charge in [0.2, 0.25) is 0 Å². The van der Waals surface area contributed by atoms with Gasteiger partial charge in [0.1, 0.15) is 5.76 Å². The van der Waals surface area contributed by atoms with E-state index >= 15 is 0 Å². The van der Waals surface area contributed by atoms with Crippen LogP contribution in [0.15, 0.2) is 41.0 Å². The summed E-state index contributed by atoms with van der Waals surface area (Å²) in [6.45, 7) is 5.55. The zero-order valence-corrected chi connectivity index (χ0v) is 12.6. The number of benzene rings is 1. The number of carbonyl (C=O) groups is 1. The van der Waals surface area contributed by atoms with Gasteiger partial charge in [-0.25, -0.2) is 0 Å². The van der Waals surface area contributed by atoms with Crippen molar-refractivity contribution in [2.75, 3.05) is 18.4 Å². The molecule has 0 fully saturated rings. The van der Waals surface area contributed by atoms with Gasteiger partial charge in [-0.2, -0.15) is 0 Å². The Hall–Kier alpha value is -2.23. The second kappa shape index (κ2) is 7.53. The lowest BCUT2D eigenvalue weighted by atomic mass is 10.1. The van der Waals surface area contributed by atoms with Crippen LogP contribution in [0.3, 0.4) is 0 Å². The van der Waals surface area contributed by atoms with Gasteiger partial charge in [-0.3, -0.25) is 4.79 Å². The fourth-order valence-corrected chi connectivity index (χ4v) is 2.11. The van der Waals surface area contributed by atoms with Crippen molar-refractivity contribution >= 4 is 11.6 Å². The van der Waals surface area contributed by atoms with Crippen LogP contribution in [-0.4, -0.2) is 19.0 Å². The zero-order chi connectivity index (χ0) is 15.1. The van der Waals surface area contributed by atoms with Gasteiger partial charge in [0.15, 0.2) is 0 Å². The molecule has 0 aliphatic rings. The largest absolute Gasteiger partial charge is 0.469 e. The van der Waals surface area contributed by atoms with E-state index in [9.17, 15) is 4.79 Å². The van der Waals surface area contributed by atoms with E-state index in [0.29, 0.717) is 18.5 Å². The molecule has 1 aromatic heterocycles.